The highest BCUT2D eigenvalue weighted by molar-refractivity contribution is 5.66. The normalized spacial score (nSPS) is 12.6. The fourth-order valence-corrected chi connectivity index (χ4v) is 3.33. The van der Waals surface area contributed by atoms with E-state index in [-0.39, 0.29) is 0 Å². The SMILES string of the molecule is COc1ccc(OCCNc2cc(C)nc(N3CCc4ccccc43)n2)cc1. The number of hydrogen-bond donors (Lipinski definition) is 1. The first kappa shape index (κ1) is 18.1. The second-order valence-corrected chi connectivity index (χ2v) is 6.68. The van der Waals surface area contributed by atoms with E-state index in [0.717, 1.165) is 41.9 Å². The summed E-state index contributed by atoms with van der Waals surface area (Å²) in [5, 5.41) is 3.34. The monoisotopic (exact) mass is 376 g/mol. The summed E-state index contributed by atoms with van der Waals surface area (Å²) >= 11 is 0. The first-order valence-corrected chi connectivity index (χ1v) is 9.45. The van der Waals surface area contributed by atoms with E-state index in [4.69, 9.17) is 14.5 Å². The smallest absolute Gasteiger partial charge is 0.232 e. The Balaban J connectivity index is 1.38. The number of para-hydroxylation sites is 1. The molecule has 28 heavy (non-hydrogen) atoms. The average Bonchev–Trinajstić information content (AvgIpc) is 3.15. The topological polar surface area (TPSA) is 59.5 Å². The first-order chi connectivity index (χ1) is 13.7. The maximum absolute atomic E-state index is 5.76. The van der Waals surface area contributed by atoms with Gasteiger partial charge in [0, 0.05) is 24.0 Å². The lowest BCUT2D eigenvalue weighted by Gasteiger charge is -2.18. The Bertz CT molecular complexity index is 944. The molecule has 4 rings (SSSR count). The Morgan fingerprint density at radius 1 is 1.04 bits per heavy atom. The molecule has 1 aliphatic rings. The average molecular weight is 376 g/mol. The number of aromatic nitrogens is 2. The molecular formula is C22H24N4O2. The van der Waals surface area contributed by atoms with Gasteiger partial charge in [0.25, 0.3) is 0 Å². The van der Waals surface area contributed by atoms with Crippen molar-refractivity contribution in [3.8, 4) is 11.5 Å². The van der Waals surface area contributed by atoms with Crippen LogP contribution in [-0.4, -0.2) is 36.8 Å². The highest BCUT2D eigenvalue weighted by Crippen LogP contribution is 2.32. The molecule has 0 bridgehead atoms. The van der Waals surface area contributed by atoms with E-state index >= 15 is 0 Å². The summed E-state index contributed by atoms with van der Waals surface area (Å²) in [4.78, 5) is 11.5. The Hall–Kier alpha value is -3.28. The van der Waals surface area contributed by atoms with E-state index in [1.165, 1.54) is 11.3 Å². The molecular weight excluding hydrogens is 352 g/mol. The number of anilines is 3. The van der Waals surface area contributed by atoms with Gasteiger partial charge < -0.3 is 19.7 Å². The zero-order chi connectivity index (χ0) is 19.3. The van der Waals surface area contributed by atoms with Crippen LogP contribution in [0, 0.1) is 6.92 Å². The Morgan fingerprint density at radius 3 is 2.64 bits per heavy atom. The number of fused-ring (bicyclic) bond motifs is 1. The van der Waals surface area contributed by atoms with Gasteiger partial charge in [-0.3, -0.25) is 0 Å². The predicted molar refractivity (Wildman–Crippen MR) is 111 cm³/mol. The van der Waals surface area contributed by atoms with Crippen LogP contribution in [0.15, 0.2) is 54.6 Å². The molecule has 3 aromatic rings. The van der Waals surface area contributed by atoms with Crippen molar-refractivity contribution in [3.63, 3.8) is 0 Å². The van der Waals surface area contributed by atoms with E-state index in [2.05, 4.69) is 39.5 Å². The van der Waals surface area contributed by atoms with Gasteiger partial charge in [-0.25, -0.2) is 4.98 Å². The summed E-state index contributed by atoms with van der Waals surface area (Å²) in [7, 11) is 1.65. The summed E-state index contributed by atoms with van der Waals surface area (Å²) in [6.45, 7) is 4.09. The third kappa shape index (κ3) is 4.01. The molecule has 0 radical (unpaired) electrons. The minimum Gasteiger partial charge on any atom is -0.497 e. The van der Waals surface area contributed by atoms with Gasteiger partial charge in [0.05, 0.1) is 13.7 Å². The van der Waals surface area contributed by atoms with Gasteiger partial charge in [0.2, 0.25) is 5.95 Å². The van der Waals surface area contributed by atoms with Crippen molar-refractivity contribution in [2.75, 3.05) is 37.0 Å². The van der Waals surface area contributed by atoms with Gasteiger partial charge in [-0.05, 0) is 49.2 Å². The number of ether oxygens (including phenoxy) is 2. The van der Waals surface area contributed by atoms with Crippen LogP contribution in [0.1, 0.15) is 11.3 Å². The van der Waals surface area contributed by atoms with Crippen LogP contribution in [0.2, 0.25) is 0 Å². The zero-order valence-corrected chi connectivity index (χ0v) is 16.2. The second-order valence-electron chi connectivity index (χ2n) is 6.68. The maximum Gasteiger partial charge on any atom is 0.232 e. The fourth-order valence-electron chi connectivity index (χ4n) is 3.33. The van der Waals surface area contributed by atoms with Crippen molar-refractivity contribution in [2.45, 2.75) is 13.3 Å². The molecule has 1 aliphatic heterocycles. The molecule has 6 heteroatoms. The first-order valence-electron chi connectivity index (χ1n) is 9.45. The summed E-state index contributed by atoms with van der Waals surface area (Å²) in [6.07, 6.45) is 1.02. The molecule has 0 atom stereocenters. The lowest BCUT2D eigenvalue weighted by molar-refractivity contribution is 0.331. The Kier molecular flexibility index (Phi) is 5.28. The molecule has 0 saturated heterocycles. The highest BCUT2D eigenvalue weighted by Gasteiger charge is 2.22. The van der Waals surface area contributed by atoms with Crippen molar-refractivity contribution in [3.05, 3.63) is 65.9 Å². The maximum atomic E-state index is 5.76. The van der Waals surface area contributed by atoms with Crippen molar-refractivity contribution < 1.29 is 9.47 Å². The summed E-state index contributed by atoms with van der Waals surface area (Å²) in [6, 6.07) is 18.0. The number of rotatable bonds is 7. The summed E-state index contributed by atoms with van der Waals surface area (Å²) in [5.74, 6) is 3.18. The van der Waals surface area contributed by atoms with Crippen LogP contribution in [0.5, 0.6) is 11.5 Å². The minimum absolute atomic E-state index is 0.539. The molecule has 0 spiro atoms. The van der Waals surface area contributed by atoms with Gasteiger partial charge in [-0.1, -0.05) is 18.2 Å². The Labute approximate surface area is 165 Å². The number of methoxy groups -OCH3 is 1. The molecule has 144 valence electrons. The van der Waals surface area contributed by atoms with Crippen molar-refractivity contribution >= 4 is 17.5 Å². The molecule has 1 N–H and O–H groups in total. The second kappa shape index (κ2) is 8.17. The fraction of sp³-hybridized carbons (Fsp3) is 0.273. The molecule has 2 aromatic carbocycles. The molecule has 0 unspecified atom stereocenters. The van der Waals surface area contributed by atoms with Crippen LogP contribution in [0.4, 0.5) is 17.5 Å². The summed E-state index contributed by atoms with van der Waals surface area (Å²) < 4.78 is 10.9. The molecule has 1 aromatic heterocycles. The largest absolute Gasteiger partial charge is 0.497 e. The molecule has 0 fully saturated rings. The molecule has 2 heterocycles. The molecule has 0 saturated carbocycles. The third-order valence-electron chi connectivity index (χ3n) is 4.71. The van der Waals surface area contributed by atoms with Crippen LogP contribution in [-0.2, 0) is 6.42 Å². The molecule has 0 aliphatic carbocycles. The lowest BCUT2D eigenvalue weighted by atomic mass is 10.2. The predicted octanol–water partition coefficient (Wildman–Crippen LogP) is 3.98. The van der Waals surface area contributed by atoms with Gasteiger partial charge in [0.15, 0.2) is 0 Å². The Morgan fingerprint density at radius 2 is 1.82 bits per heavy atom. The number of hydrogen-bond acceptors (Lipinski definition) is 6. The minimum atomic E-state index is 0.539. The van der Waals surface area contributed by atoms with E-state index in [1.54, 1.807) is 7.11 Å². The third-order valence-corrected chi connectivity index (χ3v) is 4.71. The number of nitrogens with zero attached hydrogens (tertiary/aromatic N) is 3. The van der Waals surface area contributed by atoms with E-state index in [9.17, 15) is 0 Å². The van der Waals surface area contributed by atoms with Gasteiger partial charge in [-0.15, -0.1) is 0 Å². The summed E-state index contributed by atoms with van der Waals surface area (Å²) in [5.41, 5.74) is 3.48. The van der Waals surface area contributed by atoms with Crippen LogP contribution >= 0.6 is 0 Å². The van der Waals surface area contributed by atoms with Crippen molar-refractivity contribution in [1.29, 1.82) is 0 Å². The van der Waals surface area contributed by atoms with Gasteiger partial charge >= 0.3 is 0 Å². The zero-order valence-electron chi connectivity index (χ0n) is 16.2. The van der Waals surface area contributed by atoms with Crippen molar-refractivity contribution in [1.82, 2.24) is 9.97 Å². The number of benzene rings is 2. The van der Waals surface area contributed by atoms with Crippen LogP contribution in [0.3, 0.4) is 0 Å². The van der Waals surface area contributed by atoms with E-state index in [1.807, 2.05) is 37.3 Å². The number of aryl methyl sites for hydroxylation is 1. The van der Waals surface area contributed by atoms with Gasteiger partial charge in [-0.2, -0.15) is 4.98 Å². The van der Waals surface area contributed by atoms with Crippen LogP contribution in [0.25, 0.3) is 0 Å². The lowest BCUT2D eigenvalue weighted by Crippen LogP contribution is -2.19. The molecule has 0 amide bonds. The molecule has 6 nitrogen and oxygen atoms in total. The van der Waals surface area contributed by atoms with E-state index in [0.29, 0.717) is 13.2 Å². The van der Waals surface area contributed by atoms with Crippen molar-refractivity contribution in [2.24, 2.45) is 0 Å². The number of nitrogens with one attached hydrogen (secondary N) is 1. The van der Waals surface area contributed by atoms with Crippen LogP contribution < -0.4 is 19.7 Å². The van der Waals surface area contributed by atoms with Gasteiger partial charge in [0.1, 0.15) is 23.9 Å². The van der Waals surface area contributed by atoms with E-state index < -0.39 is 0 Å². The highest BCUT2D eigenvalue weighted by atomic mass is 16.5. The quantitative estimate of drug-likeness (QED) is 0.630. The standard InChI is InChI=1S/C22H24N4O2/c1-16-15-21(23-12-14-28-19-9-7-18(27-2)8-10-19)25-22(24-16)26-13-11-17-5-3-4-6-20(17)26/h3-10,15H,11-14H2,1-2H3,(H,23,24,25).